The Morgan fingerprint density at radius 1 is 1.42 bits per heavy atom. The lowest BCUT2D eigenvalue weighted by Gasteiger charge is -2.01. The van der Waals surface area contributed by atoms with E-state index in [1.165, 1.54) is 23.5 Å². The second-order valence-corrected chi connectivity index (χ2v) is 5.24. The second-order valence-electron chi connectivity index (χ2n) is 4.16. The number of ketones is 1. The Balaban J connectivity index is 2.07. The maximum atomic E-state index is 13.1. The average Bonchev–Trinajstić information content (AvgIpc) is 3.03. The monoisotopic (exact) mass is 274 g/mol. The van der Waals surface area contributed by atoms with E-state index >= 15 is 0 Å². The third-order valence-corrected chi connectivity index (χ3v) is 4.08. The fourth-order valence-corrected chi connectivity index (χ4v) is 2.99. The smallest absolute Gasteiger partial charge is 0.238 e. The zero-order valence-corrected chi connectivity index (χ0v) is 11.1. The maximum absolute atomic E-state index is 13.1. The molecule has 0 fully saturated rings. The molecular weight excluding hydrogens is 263 g/mol. The van der Waals surface area contributed by atoms with Crippen molar-refractivity contribution in [1.29, 1.82) is 0 Å². The van der Waals surface area contributed by atoms with Gasteiger partial charge in [0.15, 0.2) is 5.82 Å². The molecule has 0 N–H and O–H groups in total. The van der Waals surface area contributed by atoms with E-state index in [-0.39, 0.29) is 11.6 Å². The molecule has 3 nitrogen and oxygen atoms in total. The highest BCUT2D eigenvalue weighted by Crippen LogP contribution is 2.27. The molecule has 0 aliphatic heterocycles. The second kappa shape index (κ2) is 4.59. The predicted octanol–water partition coefficient (Wildman–Crippen LogP) is 3.49. The van der Waals surface area contributed by atoms with E-state index in [1.54, 1.807) is 29.1 Å². The average molecular weight is 274 g/mol. The van der Waals surface area contributed by atoms with Gasteiger partial charge in [0.05, 0.1) is 4.88 Å². The molecule has 0 atom stereocenters. The minimum absolute atomic E-state index is 0.117. The number of benzene rings is 1. The first-order valence-corrected chi connectivity index (χ1v) is 6.75. The Bertz CT molecular complexity index is 760. The topological polar surface area (TPSA) is 34.9 Å². The SMILES string of the molecule is CCn1ccnc1C(=O)c1cc2cc(F)ccc2s1. The Morgan fingerprint density at radius 3 is 3.05 bits per heavy atom. The number of aryl methyl sites for hydroxylation is 1. The highest BCUT2D eigenvalue weighted by molar-refractivity contribution is 7.21. The lowest BCUT2D eigenvalue weighted by Crippen LogP contribution is -2.08. The van der Waals surface area contributed by atoms with Gasteiger partial charge in [-0.25, -0.2) is 9.37 Å². The van der Waals surface area contributed by atoms with Gasteiger partial charge in [-0.2, -0.15) is 0 Å². The number of fused-ring (bicyclic) bond motifs is 1. The summed E-state index contributed by atoms with van der Waals surface area (Å²) in [6, 6.07) is 6.26. The Hall–Kier alpha value is -2.01. The molecule has 0 spiro atoms. The number of rotatable bonds is 3. The van der Waals surface area contributed by atoms with Gasteiger partial charge in [0.25, 0.3) is 0 Å². The number of nitrogens with zero attached hydrogens (tertiary/aromatic N) is 2. The summed E-state index contributed by atoms with van der Waals surface area (Å²) >= 11 is 1.36. The van der Waals surface area contributed by atoms with Gasteiger partial charge in [0.1, 0.15) is 5.82 Å². The van der Waals surface area contributed by atoms with Crippen molar-refractivity contribution in [3.63, 3.8) is 0 Å². The predicted molar refractivity (Wildman–Crippen MR) is 73.1 cm³/mol. The Morgan fingerprint density at radius 2 is 2.26 bits per heavy atom. The van der Waals surface area contributed by atoms with Crippen molar-refractivity contribution in [3.05, 3.63) is 53.2 Å². The zero-order valence-electron chi connectivity index (χ0n) is 10.3. The largest absolute Gasteiger partial charge is 0.328 e. The third kappa shape index (κ3) is 2.06. The summed E-state index contributed by atoms with van der Waals surface area (Å²) in [5.41, 5.74) is 0. The first-order chi connectivity index (χ1) is 9.19. The number of carbonyl (C=O) groups excluding carboxylic acids is 1. The van der Waals surface area contributed by atoms with Crippen LogP contribution in [0, 0.1) is 5.82 Å². The molecule has 5 heteroatoms. The van der Waals surface area contributed by atoms with Gasteiger partial charge in [-0.3, -0.25) is 4.79 Å². The zero-order chi connectivity index (χ0) is 13.4. The van der Waals surface area contributed by atoms with Crippen LogP contribution in [-0.2, 0) is 6.54 Å². The molecule has 2 heterocycles. The van der Waals surface area contributed by atoms with E-state index in [4.69, 9.17) is 0 Å². The molecule has 96 valence electrons. The van der Waals surface area contributed by atoms with E-state index < -0.39 is 0 Å². The quantitative estimate of drug-likeness (QED) is 0.685. The van der Waals surface area contributed by atoms with Gasteiger partial charge in [0.2, 0.25) is 5.78 Å². The van der Waals surface area contributed by atoms with E-state index in [2.05, 4.69) is 4.98 Å². The van der Waals surface area contributed by atoms with E-state index in [1.807, 2.05) is 6.92 Å². The molecule has 3 rings (SSSR count). The van der Waals surface area contributed by atoms with Crippen LogP contribution in [0.15, 0.2) is 36.7 Å². The summed E-state index contributed by atoms with van der Waals surface area (Å²) in [7, 11) is 0. The van der Waals surface area contributed by atoms with Gasteiger partial charge >= 0.3 is 0 Å². The first-order valence-electron chi connectivity index (χ1n) is 5.94. The number of imidazole rings is 1. The molecule has 19 heavy (non-hydrogen) atoms. The summed E-state index contributed by atoms with van der Waals surface area (Å²) < 4.78 is 15.8. The van der Waals surface area contributed by atoms with Crippen LogP contribution in [0.4, 0.5) is 4.39 Å². The summed E-state index contributed by atoms with van der Waals surface area (Å²) in [6.07, 6.45) is 3.39. The molecule has 1 aromatic carbocycles. The van der Waals surface area contributed by atoms with Crippen LogP contribution in [0.5, 0.6) is 0 Å². The molecule has 0 saturated heterocycles. The fourth-order valence-electron chi connectivity index (χ4n) is 2.01. The van der Waals surface area contributed by atoms with Crippen molar-refractivity contribution in [1.82, 2.24) is 9.55 Å². The highest BCUT2D eigenvalue weighted by atomic mass is 32.1. The molecular formula is C14H11FN2OS. The van der Waals surface area contributed by atoms with E-state index in [9.17, 15) is 9.18 Å². The number of aromatic nitrogens is 2. The minimum Gasteiger partial charge on any atom is -0.328 e. The summed E-state index contributed by atoms with van der Waals surface area (Å²) in [4.78, 5) is 17.1. The maximum Gasteiger partial charge on any atom is 0.238 e. The molecule has 2 aromatic heterocycles. The molecule has 0 bridgehead atoms. The van der Waals surface area contributed by atoms with Crippen LogP contribution in [0.3, 0.4) is 0 Å². The summed E-state index contributed by atoms with van der Waals surface area (Å²) in [5.74, 6) is 0.0161. The highest BCUT2D eigenvalue weighted by Gasteiger charge is 2.17. The van der Waals surface area contributed by atoms with Crippen molar-refractivity contribution in [3.8, 4) is 0 Å². The molecule has 0 radical (unpaired) electrons. The van der Waals surface area contributed by atoms with Crippen LogP contribution in [0.1, 0.15) is 22.4 Å². The van der Waals surface area contributed by atoms with Gasteiger partial charge in [-0.05, 0) is 36.6 Å². The minimum atomic E-state index is -0.292. The molecule has 0 amide bonds. The van der Waals surface area contributed by atoms with Gasteiger partial charge < -0.3 is 4.57 Å². The van der Waals surface area contributed by atoms with Crippen LogP contribution >= 0.6 is 11.3 Å². The molecule has 0 saturated carbocycles. The van der Waals surface area contributed by atoms with Crippen LogP contribution in [-0.4, -0.2) is 15.3 Å². The number of carbonyl (C=O) groups is 1. The van der Waals surface area contributed by atoms with Crippen molar-refractivity contribution in [2.24, 2.45) is 0 Å². The number of thiophene rings is 1. The summed E-state index contributed by atoms with van der Waals surface area (Å²) in [5, 5.41) is 0.753. The number of hydrogen-bond donors (Lipinski definition) is 0. The molecule has 0 aliphatic carbocycles. The van der Waals surface area contributed by atoms with Crippen molar-refractivity contribution in [2.75, 3.05) is 0 Å². The first kappa shape index (κ1) is 12.0. The van der Waals surface area contributed by atoms with Crippen LogP contribution in [0.25, 0.3) is 10.1 Å². The number of halogens is 1. The lowest BCUT2D eigenvalue weighted by atomic mass is 10.2. The van der Waals surface area contributed by atoms with Gasteiger partial charge in [-0.1, -0.05) is 0 Å². The normalized spacial score (nSPS) is 11.1. The number of hydrogen-bond acceptors (Lipinski definition) is 3. The molecule has 3 aromatic rings. The van der Waals surface area contributed by atoms with Crippen molar-refractivity contribution < 1.29 is 9.18 Å². The molecule has 0 unspecified atom stereocenters. The van der Waals surface area contributed by atoms with E-state index in [0.29, 0.717) is 17.2 Å². The third-order valence-electron chi connectivity index (χ3n) is 2.96. The lowest BCUT2D eigenvalue weighted by molar-refractivity contribution is 0.102. The molecule has 0 aliphatic rings. The fraction of sp³-hybridized carbons (Fsp3) is 0.143. The summed E-state index contributed by atoms with van der Waals surface area (Å²) in [6.45, 7) is 2.65. The van der Waals surface area contributed by atoms with Crippen molar-refractivity contribution in [2.45, 2.75) is 13.5 Å². The Labute approximate surface area is 113 Å². The van der Waals surface area contributed by atoms with Crippen LogP contribution in [0.2, 0.25) is 0 Å². The van der Waals surface area contributed by atoms with Crippen molar-refractivity contribution >= 4 is 27.2 Å². The van der Waals surface area contributed by atoms with Gasteiger partial charge in [0, 0.05) is 23.6 Å². The van der Waals surface area contributed by atoms with Crippen LogP contribution < -0.4 is 0 Å². The van der Waals surface area contributed by atoms with E-state index in [0.717, 1.165) is 10.1 Å². The van der Waals surface area contributed by atoms with Gasteiger partial charge in [-0.15, -0.1) is 11.3 Å². The standard InChI is InChI=1S/C14H11FN2OS/c1-2-17-6-5-16-14(17)13(18)12-8-9-7-10(15)3-4-11(9)19-12/h3-8H,2H2,1H3. The Kier molecular flexibility index (Phi) is 2.91.